The van der Waals surface area contributed by atoms with Crippen LogP contribution in [-0.4, -0.2) is 28.6 Å². The van der Waals surface area contributed by atoms with Crippen LogP contribution in [0.2, 0.25) is 0 Å². The molecule has 2 N–H and O–H groups in total. The van der Waals surface area contributed by atoms with E-state index in [0.717, 1.165) is 15.6 Å². The van der Waals surface area contributed by atoms with E-state index in [-0.39, 0.29) is 0 Å². The molecule has 0 spiro atoms. The van der Waals surface area contributed by atoms with Gasteiger partial charge in [-0.05, 0) is 36.1 Å². The molecular weight excluding hydrogens is 302 g/mol. The molecule has 0 radical (unpaired) electrons. The van der Waals surface area contributed by atoms with Gasteiger partial charge in [0.1, 0.15) is 4.88 Å². The Balaban J connectivity index is 1.85. The largest absolute Gasteiger partial charge is 0.477 e. The Bertz CT molecular complexity index is 653. The number of thioether (sulfide) groups is 1. The molecule has 3 nitrogen and oxygen atoms in total. The lowest BCUT2D eigenvalue weighted by molar-refractivity contribution is 0.0701. The van der Waals surface area contributed by atoms with Gasteiger partial charge in [0.2, 0.25) is 0 Å². The zero-order chi connectivity index (χ0) is 14.8. The number of hydrogen-bond acceptors (Lipinski definition) is 4. The predicted octanol–water partition coefficient (Wildman–Crippen LogP) is 3.97. The lowest BCUT2D eigenvalue weighted by Crippen LogP contribution is -2.33. The highest BCUT2D eigenvalue weighted by atomic mass is 32.2. The Hall–Kier alpha value is -1.04. The summed E-state index contributed by atoms with van der Waals surface area (Å²) < 4.78 is 1.06. The maximum Gasteiger partial charge on any atom is 0.346 e. The van der Waals surface area contributed by atoms with Crippen molar-refractivity contribution in [2.45, 2.75) is 37.1 Å². The van der Waals surface area contributed by atoms with Crippen molar-refractivity contribution < 1.29 is 9.90 Å². The second-order valence-electron chi connectivity index (χ2n) is 5.40. The summed E-state index contributed by atoms with van der Waals surface area (Å²) in [6, 6.07) is 8.46. The first-order chi connectivity index (χ1) is 10.2. The van der Waals surface area contributed by atoms with E-state index < -0.39 is 5.97 Å². The molecule has 1 aliphatic carbocycles. The third-order valence-corrected chi connectivity index (χ3v) is 6.56. The molecule has 2 atom stereocenters. The summed E-state index contributed by atoms with van der Waals surface area (Å²) in [4.78, 5) is 12.0. The third kappa shape index (κ3) is 2.96. The van der Waals surface area contributed by atoms with E-state index in [9.17, 15) is 9.90 Å². The maximum absolute atomic E-state index is 11.5. The Kier molecular flexibility index (Phi) is 4.52. The van der Waals surface area contributed by atoms with Crippen molar-refractivity contribution in [3.8, 4) is 0 Å². The molecule has 5 heteroatoms. The van der Waals surface area contributed by atoms with Crippen molar-refractivity contribution in [2.24, 2.45) is 0 Å². The van der Waals surface area contributed by atoms with Crippen LogP contribution >= 0.6 is 23.1 Å². The third-order valence-electron chi connectivity index (χ3n) is 4.19. The topological polar surface area (TPSA) is 49.3 Å². The smallest absolute Gasteiger partial charge is 0.346 e. The van der Waals surface area contributed by atoms with Crippen LogP contribution in [0.3, 0.4) is 0 Å². The quantitative estimate of drug-likeness (QED) is 0.875. The first-order valence-electron chi connectivity index (χ1n) is 7.20. The number of hydrogen-bond donors (Lipinski definition) is 2. The number of benzene rings is 1. The molecule has 1 saturated carbocycles. The van der Waals surface area contributed by atoms with E-state index in [0.29, 0.717) is 22.7 Å². The van der Waals surface area contributed by atoms with Gasteiger partial charge >= 0.3 is 5.97 Å². The SMILES string of the molecule is CSC1CCCC1NCc1c(C(=O)O)sc2ccccc12. The van der Waals surface area contributed by atoms with E-state index >= 15 is 0 Å². The Morgan fingerprint density at radius 1 is 1.43 bits per heavy atom. The molecule has 3 rings (SSSR count). The highest BCUT2D eigenvalue weighted by Crippen LogP contribution is 2.33. The van der Waals surface area contributed by atoms with Crippen LogP contribution in [0.25, 0.3) is 10.1 Å². The molecule has 1 aromatic heterocycles. The van der Waals surface area contributed by atoms with E-state index in [2.05, 4.69) is 11.6 Å². The van der Waals surface area contributed by atoms with Crippen molar-refractivity contribution in [1.82, 2.24) is 5.32 Å². The fourth-order valence-corrected chi connectivity index (χ4v) is 5.15. The maximum atomic E-state index is 11.5. The number of carboxylic acids is 1. The molecule has 0 bridgehead atoms. The van der Waals surface area contributed by atoms with Crippen molar-refractivity contribution in [3.05, 3.63) is 34.7 Å². The summed E-state index contributed by atoms with van der Waals surface area (Å²) in [7, 11) is 0. The number of thiophene rings is 1. The first-order valence-corrected chi connectivity index (χ1v) is 9.31. The minimum atomic E-state index is -0.819. The van der Waals surface area contributed by atoms with Crippen LogP contribution in [-0.2, 0) is 6.54 Å². The standard InChI is InChI=1S/C16H19NO2S2/c1-20-14-8-4-6-12(14)17-9-11-10-5-2-3-7-13(10)21-15(11)16(18)19/h2-3,5,7,12,14,17H,4,6,8-9H2,1H3,(H,18,19). The molecule has 2 aromatic rings. The fraction of sp³-hybridized carbons (Fsp3) is 0.438. The van der Waals surface area contributed by atoms with E-state index in [1.54, 1.807) is 0 Å². The molecule has 21 heavy (non-hydrogen) atoms. The highest BCUT2D eigenvalue weighted by molar-refractivity contribution is 7.99. The van der Waals surface area contributed by atoms with Crippen LogP contribution in [0.1, 0.15) is 34.5 Å². The molecule has 0 amide bonds. The summed E-state index contributed by atoms with van der Waals surface area (Å²) in [5, 5.41) is 14.8. The predicted molar refractivity (Wildman–Crippen MR) is 90.6 cm³/mol. The van der Waals surface area contributed by atoms with Crippen LogP contribution in [0, 0.1) is 0 Å². The van der Waals surface area contributed by atoms with Crippen LogP contribution in [0.15, 0.2) is 24.3 Å². The van der Waals surface area contributed by atoms with Crippen molar-refractivity contribution >= 4 is 39.2 Å². The second-order valence-corrected chi connectivity index (χ2v) is 7.53. The van der Waals surface area contributed by atoms with Crippen molar-refractivity contribution in [1.29, 1.82) is 0 Å². The van der Waals surface area contributed by atoms with E-state index in [1.165, 1.54) is 30.6 Å². The van der Waals surface area contributed by atoms with Crippen LogP contribution in [0.4, 0.5) is 0 Å². The van der Waals surface area contributed by atoms with Gasteiger partial charge in [-0.15, -0.1) is 11.3 Å². The average Bonchev–Trinajstić information content (AvgIpc) is 3.08. The lowest BCUT2D eigenvalue weighted by Gasteiger charge is -2.19. The molecule has 0 aliphatic heterocycles. The van der Waals surface area contributed by atoms with Gasteiger partial charge in [-0.1, -0.05) is 24.6 Å². The normalized spacial score (nSPS) is 22.0. The number of carboxylic acid groups (broad SMARTS) is 1. The lowest BCUT2D eigenvalue weighted by atomic mass is 10.1. The molecule has 1 heterocycles. The minimum Gasteiger partial charge on any atom is -0.477 e. The van der Waals surface area contributed by atoms with Gasteiger partial charge < -0.3 is 10.4 Å². The van der Waals surface area contributed by atoms with Gasteiger partial charge in [0.25, 0.3) is 0 Å². The fourth-order valence-electron chi connectivity index (χ4n) is 3.12. The van der Waals surface area contributed by atoms with Crippen LogP contribution in [0.5, 0.6) is 0 Å². The molecule has 1 aliphatic rings. The van der Waals surface area contributed by atoms with Gasteiger partial charge in [-0.25, -0.2) is 4.79 Å². The van der Waals surface area contributed by atoms with Crippen molar-refractivity contribution in [3.63, 3.8) is 0 Å². The van der Waals surface area contributed by atoms with Gasteiger partial charge in [-0.2, -0.15) is 11.8 Å². The number of rotatable bonds is 5. The molecular formula is C16H19NO2S2. The van der Waals surface area contributed by atoms with Gasteiger partial charge in [0.15, 0.2) is 0 Å². The van der Waals surface area contributed by atoms with E-state index in [1.807, 2.05) is 36.0 Å². The molecule has 112 valence electrons. The monoisotopic (exact) mass is 321 g/mol. The Morgan fingerprint density at radius 2 is 2.24 bits per heavy atom. The zero-order valence-electron chi connectivity index (χ0n) is 12.0. The second kappa shape index (κ2) is 6.38. The highest BCUT2D eigenvalue weighted by Gasteiger charge is 2.27. The summed E-state index contributed by atoms with van der Waals surface area (Å²) in [6.45, 7) is 0.646. The molecule has 1 fully saturated rings. The van der Waals surface area contributed by atoms with Gasteiger partial charge in [0.05, 0.1) is 0 Å². The number of fused-ring (bicyclic) bond motifs is 1. The zero-order valence-corrected chi connectivity index (χ0v) is 13.6. The van der Waals surface area contributed by atoms with Gasteiger partial charge in [-0.3, -0.25) is 0 Å². The Labute approximate surface area is 132 Å². The summed E-state index contributed by atoms with van der Waals surface area (Å²) in [5.74, 6) is -0.819. The summed E-state index contributed by atoms with van der Waals surface area (Å²) in [6.07, 6.45) is 5.87. The van der Waals surface area contributed by atoms with Crippen LogP contribution < -0.4 is 5.32 Å². The summed E-state index contributed by atoms with van der Waals surface area (Å²) in [5.41, 5.74) is 0.940. The van der Waals surface area contributed by atoms with E-state index in [4.69, 9.17) is 0 Å². The number of aromatic carboxylic acids is 1. The minimum absolute atomic E-state index is 0.474. The van der Waals surface area contributed by atoms with Gasteiger partial charge in [0, 0.05) is 22.5 Å². The first kappa shape index (κ1) is 14.9. The molecule has 0 saturated heterocycles. The number of carbonyl (C=O) groups is 1. The Morgan fingerprint density at radius 3 is 3.00 bits per heavy atom. The molecule has 2 unspecified atom stereocenters. The summed E-state index contributed by atoms with van der Waals surface area (Å²) >= 11 is 3.29. The van der Waals surface area contributed by atoms with Crippen molar-refractivity contribution in [2.75, 3.05) is 6.26 Å². The number of nitrogens with one attached hydrogen (secondary N) is 1. The average molecular weight is 321 g/mol. The molecule has 1 aromatic carbocycles.